The monoisotopic (exact) mass is 395 g/mol. The topological polar surface area (TPSA) is 20.3 Å². The Hall–Kier alpha value is -1.15. The Morgan fingerprint density at radius 2 is 1.52 bits per heavy atom. The summed E-state index contributed by atoms with van der Waals surface area (Å²) < 4.78 is 0. The quantitative estimate of drug-likeness (QED) is 0.563. The molecule has 0 radical (unpaired) electrons. The molecule has 0 unspecified atom stereocenters. The first-order chi connectivity index (χ1) is 13.9. The van der Waals surface area contributed by atoms with Gasteiger partial charge in [0.15, 0.2) is 0 Å². The fraction of sp³-hybridized carbons (Fsp3) is 0.741. The van der Waals surface area contributed by atoms with Gasteiger partial charge in [0.25, 0.3) is 0 Å². The largest absolute Gasteiger partial charge is 0.300 e. The lowest BCUT2D eigenvalue weighted by Crippen LogP contribution is -2.54. The van der Waals surface area contributed by atoms with Crippen molar-refractivity contribution in [1.82, 2.24) is 4.90 Å². The molecule has 0 bridgehead atoms. The molecule has 4 rings (SSSR count). The molecular weight excluding hydrogens is 354 g/mol. The lowest BCUT2D eigenvalue weighted by molar-refractivity contribution is -0.129. The summed E-state index contributed by atoms with van der Waals surface area (Å²) in [5.41, 5.74) is 3.59. The molecule has 2 heteroatoms. The van der Waals surface area contributed by atoms with Crippen molar-refractivity contribution < 1.29 is 4.79 Å². The van der Waals surface area contributed by atoms with Gasteiger partial charge >= 0.3 is 0 Å². The third-order valence-electron chi connectivity index (χ3n) is 8.48. The molecule has 2 nitrogen and oxygen atoms in total. The molecule has 0 atom stereocenters. The van der Waals surface area contributed by atoms with Crippen LogP contribution in [0.1, 0.15) is 102 Å². The van der Waals surface area contributed by atoms with Gasteiger partial charge in [-0.2, -0.15) is 0 Å². The highest BCUT2D eigenvalue weighted by Gasteiger charge is 2.49. The van der Waals surface area contributed by atoms with Gasteiger partial charge in [-0.15, -0.1) is 0 Å². The van der Waals surface area contributed by atoms with Crippen LogP contribution in [0.15, 0.2) is 24.3 Å². The minimum atomic E-state index is 0.214. The third-order valence-corrected chi connectivity index (χ3v) is 8.48. The van der Waals surface area contributed by atoms with E-state index in [2.05, 4.69) is 56.9 Å². The maximum absolute atomic E-state index is 12.3. The number of carbonyl (C=O) groups excluding carboxylic acids is 1. The summed E-state index contributed by atoms with van der Waals surface area (Å²) >= 11 is 0. The van der Waals surface area contributed by atoms with E-state index in [0.29, 0.717) is 23.0 Å². The first kappa shape index (κ1) is 21.1. The van der Waals surface area contributed by atoms with Crippen LogP contribution in [-0.4, -0.2) is 29.8 Å². The standard InChI is InChI=1S/C27H41NO/c1-19(2)21-5-7-22(8-6-21)23-11-15-28(16-12-23)25-17-27(18-25)13-9-24(10-14-27)26(29)20(3)4/h5-8,19-20,23-25H,9-18H2,1-4H3. The highest BCUT2D eigenvalue weighted by molar-refractivity contribution is 5.82. The van der Waals surface area contributed by atoms with Crippen LogP contribution in [-0.2, 0) is 4.79 Å². The average Bonchev–Trinajstić information content (AvgIpc) is 2.72. The van der Waals surface area contributed by atoms with E-state index in [1.807, 2.05) is 0 Å². The lowest BCUT2D eigenvalue weighted by atomic mass is 9.56. The average molecular weight is 396 g/mol. The summed E-state index contributed by atoms with van der Waals surface area (Å²) in [5.74, 6) is 2.46. The number of carbonyl (C=O) groups is 1. The highest BCUT2D eigenvalue weighted by Crippen LogP contribution is 2.55. The molecule has 2 aliphatic carbocycles. The van der Waals surface area contributed by atoms with Crippen LogP contribution in [0.3, 0.4) is 0 Å². The Balaban J connectivity index is 1.23. The van der Waals surface area contributed by atoms with Gasteiger partial charge in [-0.3, -0.25) is 4.79 Å². The number of piperidine rings is 1. The third kappa shape index (κ3) is 4.48. The van der Waals surface area contributed by atoms with Crippen LogP contribution >= 0.6 is 0 Å². The summed E-state index contributed by atoms with van der Waals surface area (Å²) in [7, 11) is 0. The Labute approximate surface area is 178 Å². The SMILES string of the molecule is CC(C)C(=O)C1CCC2(CC1)CC(N1CCC(c3ccc(C(C)C)cc3)CC1)C2. The zero-order valence-electron chi connectivity index (χ0n) is 19.1. The van der Waals surface area contributed by atoms with Crippen molar-refractivity contribution in [2.45, 2.75) is 96.9 Å². The summed E-state index contributed by atoms with van der Waals surface area (Å²) in [6.45, 7) is 11.2. The maximum Gasteiger partial charge on any atom is 0.138 e. The van der Waals surface area contributed by atoms with E-state index in [4.69, 9.17) is 0 Å². The van der Waals surface area contributed by atoms with Crippen molar-refractivity contribution in [2.24, 2.45) is 17.3 Å². The molecule has 1 heterocycles. The van der Waals surface area contributed by atoms with Gasteiger partial charge in [-0.1, -0.05) is 52.0 Å². The molecule has 1 aromatic carbocycles. The number of nitrogens with zero attached hydrogens (tertiary/aromatic N) is 1. The molecule has 1 spiro atoms. The predicted octanol–water partition coefficient (Wildman–Crippen LogP) is 6.55. The van der Waals surface area contributed by atoms with E-state index in [0.717, 1.165) is 24.8 Å². The first-order valence-electron chi connectivity index (χ1n) is 12.2. The summed E-state index contributed by atoms with van der Waals surface area (Å²) in [6, 6.07) is 10.2. The second-order valence-corrected chi connectivity index (χ2v) is 11.0. The number of likely N-dealkylation sites (tertiary alicyclic amines) is 1. The van der Waals surface area contributed by atoms with Crippen LogP contribution < -0.4 is 0 Å². The van der Waals surface area contributed by atoms with E-state index in [1.54, 1.807) is 5.56 Å². The fourth-order valence-corrected chi connectivity index (χ4v) is 6.34. The van der Waals surface area contributed by atoms with Crippen molar-refractivity contribution in [3.05, 3.63) is 35.4 Å². The molecule has 2 saturated carbocycles. The zero-order chi connectivity index (χ0) is 20.6. The van der Waals surface area contributed by atoms with Gasteiger partial charge in [0.2, 0.25) is 0 Å². The number of hydrogen-bond donors (Lipinski definition) is 0. The van der Waals surface area contributed by atoms with Crippen molar-refractivity contribution >= 4 is 5.78 Å². The van der Waals surface area contributed by atoms with Crippen LogP contribution in [0.5, 0.6) is 0 Å². The summed E-state index contributed by atoms with van der Waals surface area (Å²) in [6.07, 6.45) is 10.3. The van der Waals surface area contributed by atoms with Gasteiger partial charge < -0.3 is 4.90 Å². The second-order valence-electron chi connectivity index (χ2n) is 11.0. The second kappa shape index (κ2) is 8.53. The molecule has 3 aliphatic rings. The van der Waals surface area contributed by atoms with Gasteiger partial charge in [0.1, 0.15) is 5.78 Å². The normalized spacial score (nSPS) is 31.4. The minimum Gasteiger partial charge on any atom is -0.300 e. The molecule has 0 N–H and O–H groups in total. The highest BCUT2D eigenvalue weighted by atomic mass is 16.1. The molecule has 1 aromatic rings. The van der Waals surface area contributed by atoms with E-state index in [-0.39, 0.29) is 5.92 Å². The smallest absolute Gasteiger partial charge is 0.138 e. The van der Waals surface area contributed by atoms with E-state index < -0.39 is 0 Å². The van der Waals surface area contributed by atoms with Crippen LogP contribution in [0, 0.1) is 17.3 Å². The Kier molecular flexibility index (Phi) is 6.21. The molecular formula is C27H41NO. The predicted molar refractivity (Wildman–Crippen MR) is 121 cm³/mol. The number of rotatable bonds is 5. The van der Waals surface area contributed by atoms with Gasteiger partial charge in [0, 0.05) is 17.9 Å². The van der Waals surface area contributed by atoms with Crippen molar-refractivity contribution in [3.63, 3.8) is 0 Å². The number of hydrogen-bond acceptors (Lipinski definition) is 2. The Bertz CT molecular complexity index is 680. The maximum atomic E-state index is 12.3. The van der Waals surface area contributed by atoms with Gasteiger partial charge in [0.05, 0.1) is 0 Å². The number of Topliss-reactive ketones (excluding diaryl/α,β-unsaturated/α-hetero) is 1. The van der Waals surface area contributed by atoms with Crippen LogP contribution in [0.2, 0.25) is 0 Å². The van der Waals surface area contributed by atoms with Gasteiger partial charge in [-0.05, 0) is 92.8 Å². The first-order valence-corrected chi connectivity index (χ1v) is 12.2. The van der Waals surface area contributed by atoms with Crippen molar-refractivity contribution in [2.75, 3.05) is 13.1 Å². The number of ketones is 1. The van der Waals surface area contributed by atoms with Crippen LogP contribution in [0.4, 0.5) is 0 Å². The molecule has 1 saturated heterocycles. The fourth-order valence-electron chi connectivity index (χ4n) is 6.34. The molecule has 0 amide bonds. The van der Waals surface area contributed by atoms with E-state index >= 15 is 0 Å². The number of benzene rings is 1. The van der Waals surface area contributed by atoms with E-state index in [9.17, 15) is 4.79 Å². The molecule has 3 fully saturated rings. The Morgan fingerprint density at radius 1 is 0.931 bits per heavy atom. The molecule has 29 heavy (non-hydrogen) atoms. The van der Waals surface area contributed by atoms with E-state index in [1.165, 1.54) is 57.2 Å². The summed E-state index contributed by atoms with van der Waals surface area (Å²) in [4.78, 5) is 15.1. The van der Waals surface area contributed by atoms with Gasteiger partial charge in [-0.25, -0.2) is 0 Å². The minimum absolute atomic E-state index is 0.214. The van der Waals surface area contributed by atoms with Crippen LogP contribution in [0.25, 0.3) is 0 Å². The molecule has 160 valence electrons. The summed E-state index contributed by atoms with van der Waals surface area (Å²) in [5, 5.41) is 0. The Morgan fingerprint density at radius 3 is 2.03 bits per heavy atom. The van der Waals surface area contributed by atoms with Crippen molar-refractivity contribution in [3.8, 4) is 0 Å². The lowest BCUT2D eigenvalue weighted by Gasteiger charge is -2.56. The molecule has 0 aromatic heterocycles. The molecule has 1 aliphatic heterocycles. The van der Waals surface area contributed by atoms with Crippen molar-refractivity contribution in [1.29, 1.82) is 0 Å². The zero-order valence-corrected chi connectivity index (χ0v) is 19.1.